The lowest BCUT2D eigenvalue weighted by Crippen LogP contribution is -1.77. The molecule has 0 saturated carbocycles. The average Bonchev–Trinajstić information content (AvgIpc) is 1.95. The van der Waals surface area contributed by atoms with Crippen molar-refractivity contribution in [1.29, 1.82) is 5.26 Å². The zero-order valence-corrected chi connectivity index (χ0v) is 6.35. The number of hydrogen-bond donors (Lipinski definition) is 0. The molecule has 50 valence electrons. The van der Waals surface area contributed by atoms with E-state index >= 15 is 0 Å². The molecule has 0 amide bonds. The molecule has 0 atom stereocenters. The lowest BCUT2D eigenvalue weighted by molar-refractivity contribution is 1.11. The topological polar surface area (TPSA) is 36.7 Å². The predicted octanol–water partition coefficient (Wildman–Crippen LogP) is 1.96. The highest BCUT2D eigenvalue weighted by atomic mass is 32.2. The van der Waals surface area contributed by atoms with Gasteiger partial charge in [-0.3, -0.25) is 0 Å². The van der Waals surface area contributed by atoms with Crippen molar-refractivity contribution in [1.82, 2.24) is 4.98 Å². The van der Waals surface area contributed by atoms with Gasteiger partial charge in [-0.15, -0.1) is 0 Å². The van der Waals surface area contributed by atoms with Gasteiger partial charge in [0.25, 0.3) is 0 Å². The van der Waals surface area contributed by atoms with Crippen molar-refractivity contribution < 1.29 is 0 Å². The maximum absolute atomic E-state index is 8.26. The van der Waals surface area contributed by atoms with E-state index in [2.05, 4.69) is 4.98 Å². The van der Waals surface area contributed by atoms with Crippen LogP contribution in [0.2, 0.25) is 0 Å². The average molecular weight is 150 g/mol. The van der Waals surface area contributed by atoms with Crippen LogP contribution < -0.4 is 0 Å². The summed E-state index contributed by atoms with van der Waals surface area (Å²) in [6.45, 7) is 1.97. The van der Waals surface area contributed by atoms with Crippen LogP contribution in [-0.2, 0) is 0 Å². The van der Waals surface area contributed by atoms with Crippen LogP contribution in [0.4, 0.5) is 0 Å². The Kier molecular flexibility index (Phi) is 2.30. The molecule has 10 heavy (non-hydrogen) atoms. The summed E-state index contributed by atoms with van der Waals surface area (Å²) in [5.41, 5.74) is 1.11. The van der Waals surface area contributed by atoms with E-state index in [0.717, 1.165) is 22.4 Å². The largest absolute Gasteiger partial charge is 0.249 e. The highest BCUT2D eigenvalue weighted by Gasteiger charge is 1.90. The predicted molar refractivity (Wildman–Crippen MR) is 40.4 cm³/mol. The molecule has 0 fully saturated rings. The van der Waals surface area contributed by atoms with Crippen LogP contribution in [-0.4, -0.2) is 4.98 Å². The second-order valence-electron chi connectivity index (χ2n) is 1.87. The van der Waals surface area contributed by atoms with Crippen molar-refractivity contribution in [2.24, 2.45) is 0 Å². The Bertz CT molecular complexity index is 247. The fourth-order valence-corrected chi connectivity index (χ4v) is 0.896. The maximum Gasteiger partial charge on any atom is 0.140 e. The molecule has 0 bridgehead atoms. The highest BCUT2D eigenvalue weighted by Crippen LogP contribution is 2.12. The summed E-state index contributed by atoms with van der Waals surface area (Å²) < 4.78 is 0. The van der Waals surface area contributed by atoms with Gasteiger partial charge in [-0.2, -0.15) is 5.26 Å². The van der Waals surface area contributed by atoms with Crippen LogP contribution in [0.25, 0.3) is 0 Å². The molecular weight excluding hydrogens is 144 g/mol. The molecule has 3 heteroatoms. The highest BCUT2D eigenvalue weighted by molar-refractivity contribution is 8.03. The van der Waals surface area contributed by atoms with E-state index in [0.29, 0.717) is 0 Å². The van der Waals surface area contributed by atoms with E-state index in [9.17, 15) is 0 Å². The van der Waals surface area contributed by atoms with E-state index in [1.54, 1.807) is 6.20 Å². The first-order chi connectivity index (χ1) is 4.83. The molecule has 0 N–H and O–H groups in total. The van der Waals surface area contributed by atoms with Crippen LogP contribution >= 0.6 is 11.8 Å². The molecule has 0 aliphatic carbocycles. The van der Waals surface area contributed by atoms with E-state index in [4.69, 9.17) is 5.26 Å². The lowest BCUT2D eigenvalue weighted by atomic mass is 10.3. The number of nitriles is 1. The number of rotatable bonds is 1. The van der Waals surface area contributed by atoms with Crippen molar-refractivity contribution in [3.8, 4) is 5.40 Å². The monoisotopic (exact) mass is 150 g/mol. The number of thiocyanates is 1. The second kappa shape index (κ2) is 3.23. The maximum atomic E-state index is 8.26. The van der Waals surface area contributed by atoms with E-state index in [-0.39, 0.29) is 0 Å². The van der Waals surface area contributed by atoms with Crippen LogP contribution in [0.1, 0.15) is 5.56 Å². The van der Waals surface area contributed by atoms with Gasteiger partial charge in [0.15, 0.2) is 0 Å². The third-order valence-electron chi connectivity index (χ3n) is 1.03. The smallest absolute Gasteiger partial charge is 0.140 e. The Morgan fingerprint density at radius 2 is 2.40 bits per heavy atom. The quantitative estimate of drug-likeness (QED) is 0.453. The van der Waals surface area contributed by atoms with Gasteiger partial charge >= 0.3 is 0 Å². The summed E-state index contributed by atoms with van der Waals surface area (Å²) >= 11 is 1.08. The molecule has 1 rings (SSSR count). The molecule has 1 aromatic rings. The van der Waals surface area contributed by atoms with Crippen LogP contribution in [0, 0.1) is 17.6 Å². The first-order valence-corrected chi connectivity index (χ1v) is 3.63. The Morgan fingerprint density at radius 3 is 2.90 bits per heavy atom. The molecule has 0 aliphatic heterocycles. The lowest BCUT2D eigenvalue weighted by Gasteiger charge is -1.91. The summed E-state index contributed by atoms with van der Waals surface area (Å²) in [6.07, 6.45) is 1.75. The van der Waals surface area contributed by atoms with Gasteiger partial charge < -0.3 is 0 Å². The third kappa shape index (κ3) is 1.74. The van der Waals surface area contributed by atoms with Gasteiger partial charge in [0.2, 0.25) is 0 Å². The number of nitrogens with zero attached hydrogens (tertiary/aromatic N) is 2. The van der Waals surface area contributed by atoms with Gasteiger partial charge in [-0.1, -0.05) is 6.07 Å². The van der Waals surface area contributed by atoms with Crippen molar-refractivity contribution in [2.45, 2.75) is 11.9 Å². The SMILES string of the molecule is Cc1ccc(SC#N)nc1. The van der Waals surface area contributed by atoms with Crippen LogP contribution in [0.3, 0.4) is 0 Å². The Morgan fingerprint density at radius 1 is 1.60 bits per heavy atom. The van der Waals surface area contributed by atoms with Crippen LogP contribution in [0.15, 0.2) is 23.4 Å². The fraction of sp³-hybridized carbons (Fsp3) is 0.143. The molecule has 1 heterocycles. The minimum absolute atomic E-state index is 0.758. The molecule has 0 radical (unpaired) electrons. The summed E-state index contributed by atoms with van der Waals surface area (Å²) in [5.74, 6) is 0. The number of pyridine rings is 1. The molecule has 2 nitrogen and oxygen atoms in total. The molecule has 1 aromatic heterocycles. The molecule has 0 saturated heterocycles. The number of hydrogen-bond acceptors (Lipinski definition) is 3. The number of aromatic nitrogens is 1. The molecule has 0 unspecified atom stereocenters. The third-order valence-corrected chi connectivity index (χ3v) is 1.58. The van der Waals surface area contributed by atoms with Crippen molar-refractivity contribution >= 4 is 11.8 Å². The van der Waals surface area contributed by atoms with Gasteiger partial charge in [-0.25, -0.2) is 4.98 Å². The summed E-state index contributed by atoms with van der Waals surface area (Å²) in [7, 11) is 0. The van der Waals surface area contributed by atoms with Crippen LogP contribution in [0.5, 0.6) is 0 Å². The first-order valence-electron chi connectivity index (χ1n) is 2.81. The zero-order chi connectivity index (χ0) is 7.40. The molecule has 0 aromatic carbocycles. The first kappa shape index (κ1) is 7.10. The van der Waals surface area contributed by atoms with E-state index in [1.165, 1.54) is 0 Å². The molecule has 0 aliphatic rings. The van der Waals surface area contributed by atoms with Gasteiger partial charge in [-0.05, 0) is 18.6 Å². The minimum atomic E-state index is 0.758. The second-order valence-corrected chi connectivity index (χ2v) is 2.67. The molecule has 0 spiro atoms. The van der Waals surface area contributed by atoms with Gasteiger partial charge in [0.05, 0.1) is 0 Å². The standard InChI is InChI=1S/C7H6N2S/c1-6-2-3-7(9-4-6)10-5-8/h2-4H,1H3. The Balaban J connectivity index is 2.81. The van der Waals surface area contributed by atoms with E-state index < -0.39 is 0 Å². The van der Waals surface area contributed by atoms with Crippen molar-refractivity contribution in [3.63, 3.8) is 0 Å². The van der Waals surface area contributed by atoms with Crippen molar-refractivity contribution in [2.75, 3.05) is 0 Å². The summed E-state index contributed by atoms with van der Waals surface area (Å²) in [4.78, 5) is 4.01. The van der Waals surface area contributed by atoms with Gasteiger partial charge in [0.1, 0.15) is 10.4 Å². The minimum Gasteiger partial charge on any atom is -0.249 e. The summed E-state index contributed by atoms with van der Waals surface area (Å²) in [6, 6.07) is 3.77. The number of aryl methyl sites for hydroxylation is 1. The van der Waals surface area contributed by atoms with Gasteiger partial charge in [0, 0.05) is 18.0 Å². The summed E-state index contributed by atoms with van der Waals surface area (Å²) in [5, 5.41) is 11.0. The van der Waals surface area contributed by atoms with Crippen molar-refractivity contribution in [3.05, 3.63) is 23.9 Å². The Labute approximate surface area is 63.9 Å². The zero-order valence-electron chi connectivity index (χ0n) is 5.53. The molecular formula is C7H6N2S. The normalized spacial score (nSPS) is 8.80. The Hall–Kier alpha value is -1.01. The van der Waals surface area contributed by atoms with E-state index in [1.807, 2.05) is 24.5 Å². The fourth-order valence-electron chi connectivity index (χ4n) is 0.561. The number of thioether (sulfide) groups is 1.